The largest absolute Gasteiger partial charge is 0.415 e. The zero-order valence-corrected chi connectivity index (χ0v) is 9.05. The maximum Gasteiger partial charge on any atom is 0.415 e. The van der Waals surface area contributed by atoms with Gasteiger partial charge >= 0.3 is 6.18 Å². The second-order valence-corrected chi connectivity index (χ2v) is 3.52. The molecule has 0 radical (unpaired) electrons. The molecule has 0 rings (SSSR count). The Labute approximate surface area is 87.8 Å². The maximum absolute atomic E-state index is 12.0. The molecule has 92 valence electrons. The van der Waals surface area contributed by atoms with Gasteiger partial charge in [0.15, 0.2) is 6.10 Å². The second kappa shape index (κ2) is 7.03. The van der Waals surface area contributed by atoms with Gasteiger partial charge in [-0.2, -0.15) is 13.2 Å². The fourth-order valence-corrected chi connectivity index (χ4v) is 1.12. The van der Waals surface area contributed by atoms with E-state index in [1.54, 1.807) is 14.2 Å². The first-order valence-corrected chi connectivity index (χ1v) is 4.80. The van der Waals surface area contributed by atoms with Gasteiger partial charge in [0.1, 0.15) is 0 Å². The third kappa shape index (κ3) is 7.58. The number of likely N-dealkylation sites (N-methyl/N-ethyl adjacent to an activating group) is 1. The second-order valence-electron chi connectivity index (χ2n) is 3.52. The first-order chi connectivity index (χ1) is 6.88. The lowest BCUT2D eigenvalue weighted by Crippen LogP contribution is -2.39. The van der Waals surface area contributed by atoms with Gasteiger partial charge < -0.3 is 14.7 Å². The normalized spacial score (nSPS) is 14.6. The summed E-state index contributed by atoms with van der Waals surface area (Å²) in [7, 11) is 3.14. The average Bonchev–Trinajstić information content (AvgIpc) is 2.11. The molecule has 0 aromatic carbocycles. The van der Waals surface area contributed by atoms with Crippen molar-refractivity contribution in [2.75, 3.05) is 33.9 Å². The van der Waals surface area contributed by atoms with E-state index in [9.17, 15) is 13.2 Å². The number of rotatable bonds is 7. The van der Waals surface area contributed by atoms with Gasteiger partial charge in [0.05, 0.1) is 0 Å². The van der Waals surface area contributed by atoms with Crippen molar-refractivity contribution in [3.05, 3.63) is 0 Å². The summed E-state index contributed by atoms with van der Waals surface area (Å²) in [6.45, 7) is 0.753. The van der Waals surface area contributed by atoms with Crippen molar-refractivity contribution < 1.29 is 23.0 Å². The number of alkyl halides is 3. The first kappa shape index (κ1) is 14.7. The summed E-state index contributed by atoms with van der Waals surface area (Å²) in [5.41, 5.74) is 0. The van der Waals surface area contributed by atoms with Gasteiger partial charge in [0, 0.05) is 20.3 Å². The Balaban J connectivity index is 3.60. The fourth-order valence-electron chi connectivity index (χ4n) is 1.12. The van der Waals surface area contributed by atoms with Gasteiger partial charge in [0.2, 0.25) is 0 Å². The Morgan fingerprint density at radius 1 is 1.33 bits per heavy atom. The summed E-state index contributed by atoms with van der Waals surface area (Å²) in [4.78, 5) is 1.47. The van der Waals surface area contributed by atoms with Crippen molar-refractivity contribution in [1.29, 1.82) is 0 Å². The van der Waals surface area contributed by atoms with Crippen LogP contribution >= 0.6 is 0 Å². The SMILES string of the molecule is COCCCCN(C)CC(O)C(F)(F)F. The molecule has 15 heavy (non-hydrogen) atoms. The Morgan fingerprint density at radius 3 is 2.40 bits per heavy atom. The van der Waals surface area contributed by atoms with Crippen LogP contribution in [0.15, 0.2) is 0 Å². The molecule has 0 fully saturated rings. The average molecular weight is 229 g/mol. The predicted molar refractivity (Wildman–Crippen MR) is 50.7 cm³/mol. The molecule has 0 aliphatic carbocycles. The van der Waals surface area contributed by atoms with Crippen molar-refractivity contribution in [2.24, 2.45) is 0 Å². The quantitative estimate of drug-likeness (QED) is 0.667. The molecule has 1 unspecified atom stereocenters. The molecule has 0 aliphatic rings. The van der Waals surface area contributed by atoms with Crippen LogP contribution in [0.4, 0.5) is 13.2 Å². The Morgan fingerprint density at radius 2 is 1.93 bits per heavy atom. The molecule has 0 saturated heterocycles. The van der Waals surface area contributed by atoms with Crippen molar-refractivity contribution >= 4 is 0 Å². The van der Waals surface area contributed by atoms with E-state index in [1.165, 1.54) is 4.90 Å². The van der Waals surface area contributed by atoms with Gasteiger partial charge in [0.25, 0.3) is 0 Å². The Hall–Kier alpha value is -0.330. The molecule has 0 saturated carbocycles. The van der Waals surface area contributed by atoms with Crippen LogP contribution in [0, 0.1) is 0 Å². The topological polar surface area (TPSA) is 32.7 Å². The van der Waals surface area contributed by atoms with E-state index < -0.39 is 12.3 Å². The van der Waals surface area contributed by atoms with Crippen molar-refractivity contribution in [1.82, 2.24) is 4.90 Å². The summed E-state index contributed by atoms with van der Waals surface area (Å²) >= 11 is 0. The minimum Gasteiger partial charge on any atom is -0.385 e. The van der Waals surface area contributed by atoms with E-state index in [0.717, 1.165) is 12.8 Å². The lowest BCUT2D eigenvalue weighted by molar-refractivity contribution is -0.207. The van der Waals surface area contributed by atoms with E-state index in [2.05, 4.69) is 0 Å². The highest BCUT2D eigenvalue weighted by molar-refractivity contribution is 4.68. The van der Waals surface area contributed by atoms with Crippen LogP contribution in [0.3, 0.4) is 0 Å². The third-order valence-electron chi connectivity index (χ3n) is 2.00. The zero-order chi connectivity index (χ0) is 11.9. The summed E-state index contributed by atoms with van der Waals surface area (Å²) in [5, 5.41) is 8.77. The Kier molecular flexibility index (Phi) is 6.87. The molecule has 0 amide bonds. The fraction of sp³-hybridized carbons (Fsp3) is 1.00. The molecular formula is C9H18F3NO2. The monoisotopic (exact) mass is 229 g/mol. The van der Waals surface area contributed by atoms with Crippen LogP contribution in [-0.4, -0.2) is 56.1 Å². The van der Waals surface area contributed by atoms with Gasteiger partial charge in [-0.3, -0.25) is 0 Å². The van der Waals surface area contributed by atoms with E-state index in [0.29, 0.717) is 13.2 Å². The number of hydrogen-bond donors (Lipinski definition) is 1. The maximum atomic E-state index is 12.0. The molecule has 0 spiro atoms. The van der Waals surface area contributed by atoms with Gasteiger partial charge in [-0.05, 0) is 26.4 Å². The summed E-state index contributed by atoms with van der Waals surface area (Å²) in [6.07, 6.45) is -5.22. The van der Waals surface area contributed by atoms with E-state index in [1.807, 2.05) is 0 Å². The summed E-state index contributed by atoms with van der Waals surface area (Å²) in [5.74, 6) is 0. The molecule has 3 nitrogen and oxygen atoms in total. The number of nitrogens with zero attached hydrogens (tertiary/aromatic N) is 1. The van der Waals surface area contributed by atoms with E-state index in [-0.39, 0.29) is 6.54 Å². The molecule has 6 heteroatoms. The number of hydrogen-bond acceptors (Lipinski definition) is 3. The minimum atomic E-state index is -4.53. The number of ether oxygens (including phenoxy) is 1. The zero-order valence-electron chi connectivity index (χ0n) is 9.05. The number of methoxy groups -OCH3 is 1. The van der Waals surface area contributed by atoms with Crippen molar-refractivity contribution in [3.63, 3.8) is 0 Å². The first-order valence-electron chi connectivity index (χ1n) is 4.80. The van der Waals surface area contributed by atoms with E-state index in [4.69, 9.17) is 9.84 Å². The summed E-state index contributed by atoms with van der Waals surface area (Å²) in [6, 6.07) is 0. The molecule has 0 aromatic rings. The lowest BCUT2D eigenvalue weighted by atomic mass is 10.2. The highest BCUT2D eigenvalue weighted by Crippen LogP contribution is 2.20. The van der Waals surface area contributed by atoms with Gasteiger partial charge in [-0.15, -0.1) is 0 Å². The Bertz CT molecular complexity index is 164. The van der Waals surface area contributed by atoms with Gasteiger partial charge in [-0.25, -0.2) is 0 Å². The van der Waals surface area contributed by atoms with Crippen molar-refractivity contribution in [2.45, 2.75) is 25.1 Å². The third-order valence-corrected chi connectivity index (χ3v) is 2.00. The number of aliphatic hydroxyl groups is 1. The molecule has 0 bridgehead atoms. The number of halogens is 3. The van der Waals surface area contributed by atoms with Crippen LogP contribution in [0.5, 0.6) is 0 Å². The minimum absolute atomic E-state index is 0.378. The molecule has 0 aliphatic heterocycles. The lowest BCUT2D eigenvalue weighted by Gasteiger charge is -2.21. The van der Waals surface area contributed by atoms with Crippen LogP contribution < -0.4 is 0 Å². The van der Waals surface area contributed by atoms with Crippen LogP contribution in [0.1, 0.15) is 12.8 Å². The molecular weight excluding hydrogens is 211 g/mol. The van der Waals surface area contributed by atoms with Crippen LogP contribution in [0.25, 0.3) is 0 Å². The summed E-state index contributed by atoms with van der Waals surface area (Å²) < 4.78 is 40.7. The molecule has 0 aromatic heterocycles. The smallest absolute Gasteiger partial charge is 0.385 e. The predicted octanol–water partition coefficient (Wildman–Crippen LogP) is 1.27. The molecule has 1 N–H and O–H groups in total. The van der Waals surface area contributed by atoms with Crippen LogP contribution in [-0.2, 0) is 4.74 Å². The molecule has 1 atom stereocenters. The van der Waals surface area contributed by atoms with E-state index >= 15 is 0 Å². The highest BCUT2D eigenvalue weighted by atomic mass is 19.4. The standard InChI is InChI=1S/C9H18F3NO2/c1-13(5-3-4-6-15-2)7-8(14)9(10,11)12/h8,14H,3-7H2,1-2H3. The number of aliphatic hydroxyl groups excluding tert-OH is 1. The van der Waals surface area contributed by atoms with Crippen molar-refractivity contribution in [3.8, 4) is 0 Å². The van der Waals surface area contributed by atoms with Crippen LogP contribution in [0.2, 0.25) is 0 Å². The highest BCUT2D eigenvalue weighted by Gasteiger charge is 2.38. The number of unbranched alkanes of at least 4 members (excludes halogenated alkanes) is 1. The van der Waals surface area contributed by atoms with Gasteiger partial charge in [-0.1, -0.05) is 0 Å². The molecule has 0 heterocycles.